The van der Waals surface area contributed by atoms with Crippen molar-refractivity contribution in [1.82, 2.24) is 30.7 Å². The minimum atomic E-state index is -0.877. The Morgan fingerprint density at radius 3 is 2.64 bits per heavy atom. The molecule has 1 amide bonds. The number of non-ortho nitro benzene ring substituents is 1. The van der Waals surface area contributed by atoms with Crippen molar-refractivity contribution in [3.63, 3.8) is 0 Å². The number of nitrogens with one attached hydrogen (secondary N) is 1. The number of benzene rings is 2. The van der Waals surface area contributed by atoms with E-state index in [2.05, 4.69) is 35.8 Å². The van der Waals surface area contributed by atoms with Crippen molar-refractivity contribution in [2.45, 2.75) is 0 Å². The van der Waals surface area contributed by atoms with Gasteiger partial charge in [0.25, 0.3) is 11.6 Å². The molecule has 0 aliphatic rings. The number of aromatic nitrogens is 5. The highest BCUT2D eigenvalue weighted by molar-refractivity contribution is 5.98. The Labute approximate surface area is 181 Å². The molecule has 0 unspecified atom stereocenters. The zero-order valence-electron chi connectivity index (χ0n) is 16.2. The van der Waals surface area contributed by atoms with Crippen molar-refractivity contribution in [3.8, 4) is 17.1 Å². The second-order valence-corrected chi connectivity index (χ2v) is 6.34. The number of nitrogens with zero attached hydrogens (tertiary/aromatic N) is 7. The molecule has 0 saturated carbocycles. The summed E-state index contributed by atoms with van der Waals surface area (Å²) >= 11 is 0. The van der Waals surface area contributed by atoms with E-state index in [-0.39, 0.29) is 34.3 Å². The average molecular weight is 455 g/mol. The number of carbonyl (C=O) groups is 1. The van der Waals surface area contributed by atoms with Crippen LogP contribution in [0, 0.1) is 21.7 Å². The molecule has 166 valence electrons. The lowest BCUT2D eigenvalue weighted by Crippen LogP contribution is -2.19. The van der Waals surface area contributed by atoms with Crippen LogP contribution in [-0.2, 0) is 0 Å². The molecular weight excluding hydrogens is 444 g/mol. The molecule has 2 heterocycles. The standard InChI is InChI=1S/C18H11F2N9O4/c19-11-3-6-13(20)10(7-11)8-22-24-18(30)14-15(9-1-4-12(5-2-9)29(31)32)28(27-23-14)17-16(21)25-33-26-17/h1-8H,(H2,21,25)(H,24,30)/b22-8+. The summed E-state index contributed by atoms with van der Waals surface area (Å²) in [4.78, 5) is 23.1. The normalized spacial score (nSPS) is 11.1. The van der Waals surface area contributed by atoms with Crippen LogP contribution in [-0.4, -0.2) is 42.4 Å². The number of hydrazone groups is 1. The molecule has 0 bridgehead atoms. The number of nitrogens with two attached hydrogens (primary N) is 1. The Morgan fingerprint density at radius 1 is 1.21 bits per heavy atom. The molecule has 0 aliphatic heterocycles. The number of nitrogen functional groups attached to an aromatic ring is 1. The van der Waals surface area contributed by atoms with Crippen molar-refractivity contribution in [1.29, 1.82) is 0 Å². The third kappa shape index (κ3) is 4.22. The Hall–Kier alpha value is -5.08. The molecule has 4 rings (SSSR count). The predicted octanol–water partition coefficient (Wildman–Crippen LogP) is 1.85. The van der Waals surface area contributed by atoms with Crippen LogP contribution in [0.1, 0.15) is 16.1 Å². The van der Waals surface area contributed by atoms with E-state index >= 15 is 0 Å². The molecule has 0 spiro atoms. The molecule has 0 radical (unpaired) electrons. The highest BCUT2D eigenvalue weighted by Gasteiger charge is 2.25. The van der Waals surface area contributed by atoms with Crippen LogP contribution in [0.25, 0.3) is 17.1 Å². The van der Waals surface area contributed by atoms with Crippen LogP contribution in [0.3, 0.4) is 0 Å². The molecule has 0 saturated heterocycles. The van der Waals surface area contributed by atoms with Gasteiger partial charge in [0.1, 0.15) is 17.3 Å². The highest BCUT2D eigenvalue weighted by Crippen LogP contribution is 2.28. The SMILES string of the molecule is Nc1nonc1-n1nnc(C(=O)N/N=C/c2cc(F)ccc2F)c1-c1ccc([N+](=O)[O-])cc1. The van der Waals surface area contributed by atoms with Crippen molar-refractivity contribution in [2.75, 3.05) is 5.73 Å². The second kappa shape index (κ2) is 8.58. The summed E-state index contributed by atoms with van der Waals surface area (Å²) in [5, 5.41) is 29.3. The van der Waals surface area contributed by atoms with Gasteiger partial charge in [-0.05, 0) is 40.6 Å². The van der Waals surface area contributed by atoms with E-state index in [1.165, 1.54) is 24.3 Å². The first-order valence-corrected chi connectivity index (χ1v) is 8.92. The number of hydrogen-bond acceptors (Lipinski definition) is 10. The molecule has 0 fully saturated rings. The first kappa shape index (κ1) is 21.2. The number of nitro benzene ring substituents is 1. The average Bonchev–Trinajstić information content (AvgIpc) is 3.42. The molecular formula is C18H11F2N9O4. The molecule has 3 N–H and O–H groups in total. The zero-order valence-corrected chi connectivity index (χ0v) is 16.2. The van der Waals surface area contributed by atoms with E-state index in [1.54, 1.807) is 0 Å². The smallest absolute Gasteiger partial charge is 0.294 e. The molecule has 2 aromatic carbocycles. The van der Waals surface area contributed by atoms with Gasteiger partial charge in [0.15, 0.2) is 5.69 Å². The topological polar surface area (TPSA) is 180 Å². The molecule has 15 heteroatoms. The third-order valence-corrected chi connectivity index (χ3v) is 4.26. The van der Waals surface area contributed by atoms with Gasteiger partial charge in [-0.15, -0.1) is 5.10 Å². The minimum absolute atomic E-state index is 0.0388. The summed E-state index contributed by atoms with van der Waals surface area (Å²) < 4.78 is 32.6. The van der Waals surface area contributed by atoms with E-state index in [0.29, 0.717) is 5.56 Å². The fraction of sp³-hybridized carbons (Fsp3) is 0. The van der Waals surface area contributed by atoms with E-state index in [0.717, 1.165) is 29.1 Å². The van der Waals surface area contributed by atoms with Gasteiger partial charge in [-0.2, -0.15) is 9.78 Å². The lowest BCUT2D eigenvalue weighted by molar-refractivity contribution is -0.384. The van der Waals surface area contributed by atoms with Crippen molar-refractivity contribution in [3.05, 3.63) is 75.5 Å². The number of rotatable bonds is 6. The van der Waals surface area contributed by atoms with Gasteiger partial charge in [0.05, 0.1) is 11.1 Å². The molecule has 2 aromatic heterocycles. The van der Waals surface area contributed by atoms with Gasteiger partial charge in [0, 0.05) is 23.3 Å². The van der Waals surface area contributed by atoms with E-state index in [9.17, 15) is 23.7 Å². The van der Waals surface area contributed by atoms with E-state index < -0.39 is 22.5 Å². The summed E-state index contributed by atoms with van der Waals surface area (Å²) in [5.41, 5.74) is 7.51. The highest BCUT2D eigenvalue weighted by atomic mass is 19.1. The molecule has 33 heavy (non-hydrogen) atoms. The van der Waals surface area contributed by atoms with Crippen LogP contribution in [0.5, 0.6) is 0 Å². The fourth-order valence-corrected chi connectivity index (χ4v) is 2.75. The molecule has 0 aliphatic carbocycles. The Morgan fingerprint density at radius 2 is 1.97 bits per heavy atom. The Balaban J connectivity index is 1.70. The lowest BCUT2D eigenvalue weighted by atomic mass is 10.1. The van der Waals surface area contributed by atoms with Gasteiger partial charge >= 0.3 is 0 Å². The van der Waals surface area contributed by atoms with E-state index in [1.807, 2.05) is 0 Å². The number of carbonyl (C=O) groups excluding carboxylic acids is 1. The predicted molar refractivity (Wildman–Crippen MR) is 107 cm³/mol. The summed E-state index contributed by atoms with van der Waals surface area (Å²) in [6.07, 6.45) is 0.909. The van der Waals surface area contributed by atoms with Crippen LogP contribution in [0.2, 0.25) is 0 Å². The third-order valence-electron chi connectivity index (χ3n) is 4.26. The van der Waals surface area contributed by atoms with Gasteiger partial charge in [-0.25, -0.2) is 18.8 Å². The maximum Gasteiger partial charge on any atom is 0.294 e. The second-order valence-electron chi connectivity index (χ2n) is 6.34. The minimum Gasteiger partial charge on any atom is -0.378 e. The van der Waals surface area contributed by atoms with Crippen molar-refractivity contribution < 1.29 is 23.1 Å². The lowest BCUT2D eigenvalue weighted by Gasteiger charge is -2.05. The number of amides is 1. The number of nitro groups is 1. The van der Waals surface area contributed by atoms with Crippen molar-refractivity contribution in [2.24, 2.45) is 5.10 Å². The molecule has 4 aromatic rings. The van der Waals surface area contributed by atoms with Crippen LogP contribution < -0.4 is 11.2 Å². The Kier molecular flexibility index (Phi) is 5.50. The molecule has 13 nitrogen and oxygen atoms in total. The van der Waals surface area contributed by atoms with Crippen LogP contribution in [0.4, 0.5) is 20.3 Å². The maximum atomic E-state index is 13.7. The number of anilines is 1. The summed E-state index contributed by atoms with van der Waals surface area (Å²) in [6.45, 7) is 0. The summed E-state index contributed by atoms with van der Waals surface area (Å²) in [6, 6.07) is 7.88. The molecule has 0 atom stereocenters. The van der Waals surface area contributed by atoms with Gasteiger partial charge < -0.3 is 5.73 Å². The number of halogens is 2. The summed E-state index contributed by atoms with van der Waals surface area (Å²) in [7, 11) is 0. The van der Waals surface area contributed by atoms with Crippen LogP contribution >= 0.6 is 0 Å². The maximum absolute atomic E-state index is 13.7. The van der Waals surface area contributed by atoms with Gasteiger partial charge in [-0.3, -0.25) is 14.9 Å². The monoisotopic (exact) mass is 455 g/mol. The van der Waals surface area contributed by atoms with E-state index in [4.69, 9.17) is 5.73 Å². The Bertz CT molecular complexity index is 1380. The largest absolute Gasteiger partial charge is 0.378 e. The van der Waals surface area contributed by atoms with Gasteiger partial charge in [-0.1, -0.05) is 5.21 Å². The van der Waals surface area contributed by atoms with Gasteiger partial charge in [0.2, 0.25) is 11.6 Å². The first-order chi connectivity index (χ1) is 15.8. The fourth-order valence-electron chi connectivity index (χ4n) is 2.75. The quantitative estimate of drug-likeness (QED) is 0.249. The zero-order chi connectivity index (χ0) is 23.5. The summed E-state index contributed by atoms with van der Waals surface area (Å²) in [5.74, 6) is -2.56. The van der Waals surface area contributed by atoms with Crippen LogP contribution in [0.15, 0.2) is 52.2 Å². The van der Waals surface area contributed by atoms with Crippen molar-refractivity contribution >= 4 is 23.6 Å². The number of hydrogen-bond donors (Lipinski definition) is 2. The first-order valence-electron chi connectivity index (χ1n) is 8.92.